The van der Waals surface area contributed by atoms with E-state index in [2.05, 4.69) is 0 Å². The molecule has 0 bridgehead atoms. The van der Waals surface area contributed by atoms with Gasteiger partial charge in [-0.25, -0.2) is 9.18 Å². The quantitative estimate of drug-likeness (QED) is 0.799. The van der Waals surface area contributed by atoms with Gasteiger partial charge in [-0.05, 0) is 43.0 Å². The molecule has 1 aromatic rings. The first-order chi connectivity index (χ1) is 8.15. The van der Waals surface area contributed by atoms with Crippen LogP contribution in [0.4, 0.5) is 4.39 Å². The number of carboxylic acid groups (broad SMARTS) is 1. The SMILES string of the molecule is O=C(O)C=Cc1cc(F)ccc1OCC1CC1. The third-order valence-electron chi connectivity index (χ3n) is 2.55. The van der Waals surface area contributed by atoms with Crippen LogP contribution in [0.15, 0.2) is 24.3 Å². The van der Waals surface area contributed by atoms with E-state index in [4.69, 9.17) is 9.84 Å². The highest BCUT2D eigenvalue weighted by Crippen LogP contribution is 2.30. The summed E-state index contributed by atoms with van der Waals surface area (Å²) in [6.45, 7) is 0.611. The van der Waals surface area contributed by atoms with Gasteiger partial charge in [0.1, 0.15) is 11.6 Å². The minimum atomic E-state index is -1.07. The number of benzene rings is 1. The van der Waals surface area contributed by atoms with E-state index < -0.39 is 11.8 Å². The largest absolute Gasteiger partial charge is 0.493 e. The smallest absolute Gasteiger partial charge is 0.328 e. The van der Waals surface area contributed by atoms with Crippen molar-refractivity contribution >= 4 is 12.0 Å². The summed E-state index contributed by atoms with van der Waals surface area (Å²) in [5.41, 5.74) is 0.452. The molecule has 1 saturated carbocycles. The van der Waals surface area contributed by atoms with Crippen molar-refractivity contribution in [3.05, 3.63) is 35.7 Å². The molecule has 1 fully saturated rings. The van der Waals surface area contributed by atoms with Gasteiger partial charge in [0.25, 0.3) is 0 Å². The molecule has 1 aromatic carbocycles. The third kappa shape index (κ3) is 3.59. The van der Waals surface area contributed by atoms with Gasteiger partial charge in [-0.2, -0.15) is 0 Å². The summed E-state index contributed by atoms with van der Waals surface area (Å²) in [7, 11) is 0. The van der Waals surface area contributed by atoms with Crippen LogP contribution in [0.25, 0.3) is 6.08 Å². The van der Waals surface area contributed by atoms with Crippen LogP contribution in [0, 0.1) is 11.7 Å². The summed E-state index contributed by atoms with van der Waals surface area (Å²) in [4.78, 5) is 10.4. The summed E-state index contributed by atoms with van der Waals surface area (Å²) in [5, 5.41) is 8.54. The molecule has 0 spiro atoms. The lowest BCUT2D eigenvalue weighted by atomic mass is 10.2. The maximum absolute atomic E-state index is 13.0. The summed E-state index contributed by atoms with van der Waals surface area (Å²) >= 11 is 0. The average molecular weight is 236 g/mol. The number of hydrogen-bond acceptors (Lipinski definition) is 2. The predicted octanol–water partition coefficient (Wildman–Crippen LogP) is 2.71. The van der Waals surface area contributed by atoms with Crippen LogP contribution in [0.1, 0.15) is 18.4 Å². The molecule has 3 nitrogen and oxygen atoms in total. The number of hydrogen-bond donors (Lipinski definition) is 1. The molecule has 0 amide bonds. The summed E-state index contributed by atoms with van der Waals surface area (Å²) in [5.74, 6) is -0.358. The Hall–Kier alpha value is -1.84. The van der Waals surface area contributed by atoms with Gasteiger partial charge in [0.05, 0.1) is 6.61 Å². The van der Waals surface area contributed by atoms with Gasteiger partial charge in [-0.3, -0.25) is 0 Å². The molecule has 90 valence electrons. The van der Waals surface area contributed by atoms with Gasteiger partial charge in [-0.1, -0.05) is 0 Å². The Kier molecular flexibility index (Phi) is 3.42. The maximum Gasteiger partial charge on any atom is 0.328 e. The first kappa shape index (κ1) is 11.6. The predicted molar refractivity (Wildman–Crippen MR) is 61.3 cm³/mol. The van der Waals surface area contributed by atoms with Gasteiger partial charge in [-0.15, -0.1) is 0 Å². The minimum absolute atomic E-state index is 0.409. The van der Waals surface area contributed by atoms with Gasteiger partial charge in [0.15, 0.2) is 0 Å². The maximum atomic E-state index is 13.0. The summed E-state index contributed by atoms with van der Waals surface area (Å²) in [6, 6.07) is 4.10. The van der Waals surface area contributed by atoms with E-state index in [9.17, 15) is 9.18 Å². The molecule has 17 heavy (non-hydrogen) atoms. The van der Waals surface area contributed by atoms with Crippen LogP contribution >= 0.6 is 0 Å². The number of ether oxygens (including phenoxy) is 1. The minimum Gasteiger partial charge on any atom is -0.493 e. The Morgan fingerprint density at radius 1 is 1.53 bits per heavy atom. The Morgan fingerprint density at radius 3 is 2.94 bits per heavy atom. The first-order valence-electron chi connectivity index (χ1n) is 5.48. The number of aliphatic carboxylic acids is 1. The molecule has 0 heterocycles. The highest BCUT2D eigenvalue weighted by molar-refractivity contribution is 5.85. The van der Waals surface area contributed by atoms with Gasteiger partial charge in [0, 0.05) is 11.6 Å². The second kappa shape index (κ2) is 4.99. The highest BCUT2D eigenvalue weighted by atomic mass is 19.1. The van der Waals surface area contributed by atoms with Gasteiger partial charge >= 0.3 is 5.97 Å². The van der Waals surface area contributed by atoms with Crippen molar-refractivity contribution in [2.24, 2.45) is 5.92 Å². The zero-order valence-electron chi connectivity index (χ0n) is 9.23. The molecular formula is C13H13FO3. The number of rotatable bonds is 5. The van der Waals surface area contributed by atoms with Crippen molar-refractivity contribution in [1.29, 1.82) is 0 Å². The molecule has 0 radical (unpaired) electrons. The molecule has 0 aliphatic heterocycles. The lowest BCUT2D eigenvalue weighted by molar-refractivity contribution is -0.131. The molecule has 1 aliphatic rings. The molecule has 4 heteroatoms. The summed E-state index contributed by atoms with van der Waals surface area (Å²) < 4.78 is 18.6. The van der Waals surface area contributed by atoms with E-state index in [0.717, 1.165) is 6.08 Å². The van der Waals surface area contributed by atoms with Gasteiger partial charge < -0.3 is 9.84 Å². The molecule has 0 atom stereocenters. The molecule has 2 rings (SSSR count). The molecule has 0 aromatic heterocycles. The lowest BCUT2D eigenvalue weighted by Gasteiger charge is -2.08. The van der Waals surface area contributed by atoms with Crippen LogP contribution in [-0.2, 0) is 4.79 Å². The van der Waals surface area contributed by atoms with Crippen LogP contribution in [0.2, 0.25) is 0 Å². The van der Waals surface area contributed by atoms with E-state index in [1.54, 1.807) is 0 Å². The van der Waals surface area contributed by atoms with E-state index in [-0.39, 0.29) is 0 Å². The van der Waals surface area contributed by atoms with E-state index in [1.165, 1.54) is 37.1 Å². The fourth-order valence-corrected chi connectivity index (χ4v) is 1.43. The zero-order chi connectivity index (χ0) is 12.3. The summed E-state index contributed by atoms with van der Waals surface area (Å²) in [6.07, 6.45) is 4.65. The molecule has 1 N–H and O–H groups in total. The average Bonchev–Trinajstić information content (AvgIpc) is 3.09. The molecule has 1 aliphatic carbocycles. The van der Waals surface area contributed by atoms with E-state index >= 15 is 0 Å². The Labute approximate surface area is 98.5 Å². The van der Waals surface area contributed by atoms with E-state index in [1.807, 2.05) is 0 Å². The topological polar surface area (TPSA) is 46.5 Å². The fourth-order valence-electron chi connectivity index (χ4n) is 1.43. The molecular weight excluding hydrogens is 223 g/mol. The Balaban J connectivity index is 2.13. The van der Waals surface area contributed by atoms with Crippen LogP contribution < -0.4 is 4.74 Å². The first-order valence-corrected chi connectivity index (χ1v) is 5.48. The Morgan fingerprint density at radius 2 is 2.29 bits per heavy atom. The van der Waals surface area contributed by atoms with Crippen molar-refractivity contribution in [3.8, 4) is 5.75 Å². The Bertz CT molecular complexity index is 450. The van der Waals surface area contributed by atoms with Crippen molar-refractivity contribution < 1.29 is 19.0 Å². The van der Waals surface area contributed by atoms with Crippen LogP contribution in [0.3, 0.4) is 0 Å². The third-order valence-corrected chi connectivity index (χ3v) is 2.55. The fraction of sp³-hybridized carbons (Fsp3) is 0.308. The van der Waals surface area contributed by atoms with Crippen molar-refractivity contribution in [2.45, 2.75) is 12.8 Å². The van der Waals surface area contributed by atoms with Crippen molar-refractivity contribution in [2.75, 3.05) is 6.61 Å². The lowest BCUT2D eigenvalue weighted by Crippen LogP contribution is -2.00. The second-order valence-corrected chi connectivity index (χ2v) is 4.11. The van der Waals surface area contributed by atoms with E-state index in [0.29, 0.717) is 23.8 Å². The van der Waals surface area contributed by atoms with Crippen molar-refractivity contribution in [3.63, 3.8) is 0 Å². The monoisotopic (exact) mass is 236 g/mol. The molecule has 0 unspecified atom stereocenters. The highest BCUT2D eigenvalue weighted by Gasteiger charge is 2.22. The second-order valence-electron chi connectivity index (χ2n) is 4.11. The number of halogens is 1. The normalized spacial score (nSPS) is 15.1. The number of carboxylic acids is 1. The number of carbonyl (C=O) groups is 1. The van der Waals surface area contributed by atoms with Gasteiger partial charge in [0.2, 0.25) is 0 Å². The van der Waals surface area contributed by atoms with Crippen molar-refractivity contribution in [1.82, 2.24) is 0 Å². The van der Waals surface area contributed by atoms with Crippen LogP contribution in [0.5, 0.6) is 5.75 Å². The zero-order valence-corrected chi connectivity index (χ0v) is 9.23. The van der Waals surface area contributed by atoms with Crippen LogP contribution in [-0.4, -0.2) is 17.7 Å². The standard InChI is InChI=1S/C13H13FO3/c14-11-4-5-12(17-8-9-1-2-9)10(7-11)3-6-13(15)16/h3-7,9H,1-2,8H2,(H,15,16). The molecule has 0 saturated heterocycles.